The molecule has 3 nitrogen and oxygen atoms in total. The number of ether oxygens (including phenoxy) is 1. The van der Waals surface area contributed by atoms with Crippen LogP contribution in [0.25, 0.3) is 0 Å². The number of ketones is 1. The van der Waals surface area contributed by atoms with Gasteiger partial charge in [-0.3, -0.25) is 4.79 Å². The monoisotopic (exact) mass is 218 g/mol. The number of aliphatic hydroxyl groups is 1. The second-order valence-electron chi connectivity index (χ2n) is 4.54. The van der Waals surface area contributed by atoms with Gasteiger partial charge in [0.1, 0.15) is 11.9 Å². The molecule has 84 valence electrons. The van der Waals surface area contributed by atoms with Gasteiger partial charge in [0, 0.05) is 0 Å². The summed E-state index contributed by atoms with van der Waals surface area (Å²) in [6, 6.07) is 7.29. The van der Waals surface area contributed by atoms with Gasteiger partial charge in [-0.2, -0.15) is 0 Å². The second kappa shape index (κ2) is 3.59. The smallest absolute Gasteiger partial charge is 0.175 e. The predicted octanol–water partition coefficient (Wildman–Crippen LogP) is 1.79. The Labute approximate surface area is 94.0 Å². The minimum Gasteiger partial charge on any atom is -0.489 e. The van der Waals surface area contributed by atoms with Gasteiger partial charge in [0.15, 0.2) is 5.78 Å². The molecule has 1 aliphatic heterocycles. The van der Waals surface area contributed by atoms with Crippen molar-refractivity contribution in [2.75, 3.05) is 0 Å². The molecule has 2 aliphatic rings. The molecule has 0 aromatic heterocycles. The molecule has 1 aromatic carbocycles. The van der Waals surface area contributed by atoms with E-state index >= 15 is 0 Å². The summed E-state index contributed by atoms with van der Waals surface area (Å²) in [5.74, 6) is 0.352. The van der Waals surface area contributed by atoms with Gasteiger partial charge in [-0.1, -0.05) is 12.1 Å². The molecule has 16 heavy (non-hydrogen) atoms. The van der Waals surface area contributed by atoms with Gasteiger partial charge in [0.25, 0.3) is 0 Å². The van der Waals surface area contributed by atoms with Crippen LogP contribution in [0.2, 0.25) is 0 Å². The fraction of sp³-hybridized carbons (Fsp3) is 0.462. The summed E-state index contributed by atoms with van der Waals surface area (Å²) in [5, 5.41) is 9.90. The van der Waals surface area contributed by atoms with Crippen molar-refractivity contribution < 1.29 is 14.6 Å². The van der Waals surface area contributed by atoms with Gasteiger partial charge in [-0.15, -0.1) is 0 Å². The molecule has 0 spiro atoms. The molecular formula is C13H14O3. The van der Waals surface area contributed by atoms with Crippen molar-refractivity contribution in [3.05, 3.63) is 29.8 Å². The standard InChI is InChI=1S/C13H14O3/c14-9-5-3-7-11-12(9)13(15)8-4-1-2-6-10(8)16-11/h1-2,4,6,9,11-12,14H,3,5,7H2/t9-,11+,12-/m0/s1. The predicted molar refractivity (Wildman–Crippen MR) is 58.5 cm³/mol. The molecule has 1 fully saturated rings. The SMILES string of the molecule is O=C1c2ccccc2O[C@@H]2CCC[C@H](O)[C@H]12. The van der Waals surface area contributed by atoms with Crippen molar-refractivity contribution in [1.82, 2.24) is 0 Å². The van der Waals surface area contributed by atoms with Crippen LogP contribution >= 0.6 is 0 Å². The van der Waals surface area contributed by atoms with E-state index in [0.29, 0.717) is 17.7 Å². The molecule has 1 aromatic rings. The number of carbonyl (C=O) groups excluding carboxylic acids is 1. The van der Waals surface area contributed by atoms with Crippen molar-refractivity contribution in [2.45, 2.75) is 31.5 Å². The highest BCUT2D eigenvalue weighted by Crippen LogP contribution is 2.37. The maximum atomic E-state index is 12.2. The van der Waals surface area contributed by atoms with Crippen molar-refractivity contribution >= 4 is 5.78 Å². The van der Waals surface area contributed by atoms with Gasteiger partial charge in [-0.05, 0) is 31.4 Å². The van der Waals surface area contributed by atoms with E-state index in [4.69, 9.17) is 4.74 Å². The maximum absolute atomic E-state index is 12.2. The Bertz CT molecular complexity index is 427. The molecule has 3 atom stereocenters. The van der Waals surface area contributed by atoms with E-state index in [9.17, 15) is 9.90 Å². The topological polar surface area (TPSA) is 46.5 Å². The first-order valence-electron chi connectivity index (χ1n) is 5.75. The summed E-state index contributed by atoms with van der Waals surface area (Å²) in [7, 11) is 0. The maximum Gasteiger partial charge on any atom is 0.175 e. The molecule has 1 heterocycles. The van der Waals surface area contributed by atoms with E-state index < -0.39 is 6.10 Å². The van der Waals surface area contributed by atoms with Crippen molar-refractivity contribution in [3.8, 4) is 5.75 Å². The molecule has 0 radical (unpaired) electrons. The fourth-order valence-corrected chi connectivity index (χ4v) is 2.73. The number of hydrogen-bond acceptors (Lipinski definition) is 3. The molecule has 1 saturated carbocycles. The van der Waals surface area contributed by atoms with Crippen LogP contribution in [0.15, 0.2) is 24.3 Å². The Hall–Kier alpha value is -1.35. The largest absolute Gasteiger partial charge is 0.489 e. The van der Waals surface area contributed by atoms with Gasteiger partial charge in [0.05, 0.1) is 17.6 Å². The van der Waals surface area contributed by atoms with E-state index in [-0.39, 0.29) is 17.8 Å². The van der Waals surface area contributed by atoms with Crippen LogP contribution in [-0.4, -0.2) is 23.1 Å². The van der Waals surface area contributed by atoms with E-state index in [2.05, 4.69) is 0 Å². The first-order chi connectivity index (χ1) is 7.77. The Balaban J connectivity index is 2.03. The van der Waals surface area contributed by atoms with Gasteiger partial charge >= 0.3 is 0 Å². The Kier molecular flexibility index (Phi) is 2.21. The highest BCUT2D eigenvalue weighted by molar-refractivity contribution is 6.02. The number of Topliss-reactive ketones (excluding diaryl/α,β-unsaturated/α-hetero) is 1. The number of fused-ring (bicyclic) bond motifs is 2. The molecule has 0 amide bonds. The van der Waals surface area contributed by atoms with Crippen LogP contribution < -0.4 is 4.74 Å². The van der Waals surface area contributed by atoms with Crippen LogP contribution in [0, 0.1) is 5.92 Å². The van der Waals surface area contributed by atoms with Crippen LogP contribution in [-0.2, 0) is 0 Å². The molecular weight excluding hydrogens is 204 g/mol. The highest BCUT2D eigenvalue weighted by Gasteiger charge is 2.43. The summed E-state index contributed by atoms with van der Waals surface area (Å²) >= 11 is 0. The van der Waals surface area contributed by atoms with Crippen molar-refractivity contribution in [2.24, 2.45) is 5.92 Å². The lowest BCUT2D eigenvalue weighted by atomic mass is 9.77. The van der Waals surface area contributed by atoms with Crippen LogP contribution in [0.4, 0.5) is 0 Å². The van der Waals surface area contributed by atoms with E-state index in [1.807, 2.05) is 18.2 Å². The van der Waals surface area contributed by atoms with Gasteiger partial charge in [0.2, 0.25) is 0 Å². The summed E-state index contributed by atoms with van der Waals surface area (Å²) in [6.07, 6.45) is 1.82. The third-order valence-electron chi connectivity index (χ3n) is 3.54. The first-order valence-corrected chi connectivity index (χ1v) is 5.75. The Morgan fingerprint density at radius 3 is 2.94 bits per heavy atom. The van der Waals surface area contributed by atoms with E-state index in [1.165, 1.54) is 0 Å². The quantitative estimate of drug-likeness (QED) is 0.722. The number of benzene rings is 1. The summed E-state index contributed by atoms with van der Waals surface area (Å²) in [4.78, 5) is 12.2. The Morgan fingerprint density at radius 1 is 1.25 bits per heavy atom. The highest BCUT2D eigenvalue weighted by atomic mass is 16.5. The lowest BCUT2D eigenvalue weighted by Gasteiger charge is -2.38. The summed E-state index contributed by atoms with van der Waals surface area (Å²) in [6.45, 7) is 0. The zero-order valence-corrected chi connectivity index (χ0v) is 8.93. The lowest BCUT2D eigenvalue weighted by molar-refractivity contribution is -0.00948. The number of carbonyl (C=O) groups is 1. The molecule has 1 aliphatic carbocycles. The second-order valence-corrected chi connectivity index (χ2v) is 4.54. The molecule has 0 saturated heterocycles. The molecule has 0 bridgehead atoms. The first kappa shape index (κ1) is 9.85. The van der Waals surface area contributed by atoms with Crippen LogP contribution in [0.3, 0.4) is 0 Å². The summed E-state index contributed by atoms with van der Waals surface area (Å²) < 4.78 is 5.80. The van der Waals surface area contributed by atoms with E-state index in [1.54, 1.807) is 6.07 Å². The summed E-state index contributed by atoms with van der Waals surface area (Å²) in [5.41, 5.74) is 0.615. The number of rotatable bonds is 0. The number of hydrogen-bond donors (Lipinski definition) is 1. The third kappa shape index (κ3) is 1.35. The molecule has 3 rings (SSSR count). The average Bonchev–Trinajstić information content (AvgIpc) is 2.29. The lowest BCUT2D eigenvalue weighted by Crippen LogP contribution is -2.47. The van der Waals surface area contributed by atoms with Gasteiger partial charge < -0.3 is 9.84 Å². The fourth-order valence-electron chi connectivity index (χ4n) is 2.73. The van der Waals surface area contributed by atoms with Crippen LogP contribution in [0.5, 0.6) is 5.75 Å². The van der Waals surface area contributed by atoms with Crippen LogP contribution in [0.1, 0.15) is 29.6 Å². The van der Waals surface area contributed by atoms with Crippen molar-refractivity contribution in [3.63, 3.8) is 0 Å². The average molecular weight is 218 g/mol. The number of para-hydroxylation sites is 1. The molecule has 3 heteroatoms. The third-order valence-corrected chi connectivity index (χ3v) is 3.54. The van der Waals surface area contributed by atoms with E-state index in [0.717, 1.165) is 12.8 Å². The molecule has 0 unspecified atom stereocenters. The van der Waals surface area contributed by atoms with Crippen molar-refractivity contribution in [1.29, 1.82) is 0 Å². The zero-order valence-electron chi connectivity index (χ0n) is 8.93. The number of aliphatic hydroxyl groups excluding tert-OH is 1. The minimum atomic E-state index is -0.542. The van der Waals surface area contributed by atoms with Gasteiger partial charge in [-0.25, -0.2) is 0 Å². The molecule has 1 N–H and O–H groups in total. The Morgan fingerprint density at radius 2 is 2.06 bits per heavy atom. The minimum absolute atomic E-state index is 0.0408. The zero-order chi connectivity index (χ0) is 11.1. The normalized spacial score (nSPS) is 32.6.